The van der Waals surface area contributed by atoms with Gasteiger partial charge in [0.2, 0.25) is 10.0 Å². The highest BCUT2D eigenvalue weighted by atomic mass is 32.2. The molecule has 0 bridgehead atoms. The van der Waals surface area contributed by atoms with Crippen molar-refractivity contribution >= 4 is 21.6 Å². The molecule has 1 aliphatic heterocycles. The van der Waals surface area contributed by atoms with Crippen molar-refractivity contribution in [2.45, 2.75) is 25.1 Å². The predicted molar refractivity (Wildman–Crippen MR) is 112 cm³/mol. The maximum atomic E-state index is 13.0. The van der Waals surface area contributed by atoms with Crippen LogP contribution in [0.3, 0.4) is 0 Å². The summed E-state index contributed by atoms with van der Waals surface area (Å²) in [5.41, 5.74) is 1.91. The second kappa shape index (κ2) is 9.47. The van der Waals surface area contributed by atoms with Gasteiger partial charge < -0.3 is 15.0 Å². The van der Waals surface area contributed by atoms with E-state index >= 15 is 0 Å². The lowest BCUT2D eigenvalue weighted by atomic mass is 10.2. The summed E-state index contributed by atoms with van der Waals surface area (Å²) >= 11 is 0. The quantitative estimate of drug-likeness (QED) is 0.671. The van der Waals surface area contributed by atoms with Crippen LogP contribution in [0.4, 0.5) is 18.9 Å². The molecule has 1 amide bonds. The van der Waals surface area contributed by atoms with Crippen LogP contribution in [0.25, 0.3) is 0 Å². The highest BCUT2D eigenvalue weighted by Crippen LogP contribution is 2.24. The summed E-state index contributed by atoms with van der Waals surface area (Å²) in [7, 11) is -3.61. The second-order valence-corrected chi connectivity index (χ2v) is 9.63. The van der Waals surface area contributed by atoms with Crippen LogP contribution in [0.2, 0.25) is 0 Å². The molecule has 0 radical (unpaired) electrons. The number of quaternary nitrogens is 1. The summed E-state index contributed by atoms with van der Waals surface area (Å²) in [6, 6.07) is 10.2. The Morgan fingerprint density at radius 1 is 1.09 bits per heavy atom. The van der Waals surface area contributed by atoms with Crippen LogP contribution in [0.15, 0.2) is 47.4 Å². The van der Waals surface area contributed by atoms with Gasteiger partial charge in [-0.25, -0.2) is 8.42 Å². The van der Waals surface area contributed by atoms with Crippen LogP contribution in [0.1, 0.15) is 11.1 Å². The molecule has 7 nitrogen and oxygen atoms in total. The fourth-order valence-electron chi connectivity index (χ4n) is 3.52. The lowest BCUT2D eigenvalue weighted by Gasteiger charge is -2.31. The zero-order valence-electron chi connectivity index (χ0n) is 17.7. The van der Waals surface area contributed by atoms with Crippen molar-refractivity contribution in [3.05, 3.63) is 53.6 Å². The number of alkyl halides is 3. The summed E-state index contributed by atoms with van der Waals surface area (Å²) in [6.45, 7) is 5.25. The molecule has 3 rings (SSSR count). The van der Waals surface area contributed by atoms with Crippen molar-refractivity contribution in [3.8, 4) is 5.75 Å². The topological polar surface area (TPSA) is 80.2 Å². The number of anilines is 1. The number of piperazine rings is 1. The smallest absolute Gasteiger partial charge is 0.406 e. The molecule has 0 aromatic heterocycles. The molecule has 1 saturated heterocycles. The molecule has 1 heterocycles. The molecule has 2 aromatic carbocycles. The molecule has 0 aliphatic carbocycles. The average molecular weight is 473 g/mol. The molecule has 0 unspecified atom stereocenters. The van der Waals surface area contributed by atoms with E-state index in [1.165, 1.54) is 16.4 Å². The number of amides is 1. The Kier molecular flexibility index (Phi) is 7.11. The van der Waals surface area contributed by atoms with Gasteiger partial charge in [0.15, 0.2) is 6.54 Å². The number of ether oxygens (including phenoxy) is 1. The first-order valence-electron chi connectivity index (χ1n) is 10.0. The van der Waals surface area contributed by atoms with Crippen molar-refractivity contribution < 1.29 is 36.0 Å². The van der Waals surface area contributed by atoms with E-state index in [4.69, 9.17) is 0 Å². The standard InChI is InChI=1S/C21H24F3N3O4S/c1-15-3-4-16(2)19(13-15)32(29,30)27-11-9-26(10-12-27)14-20(28)25-17-5-7-18(8-6-17)31-21(22,23)24/h3-8,13H,9-12,14H2,1-2H3,(H,25,28)/p+1. The third-order valence-corrected chi connectivity index (χ3v) is 7.21. The molecule has 2 N–H and O–H groups in total. The van der Waals surface area contributed by atoms with Gasteiger partial charge in [0.1, 0.15) is 5.75 Å². The summed E-state index contributed by atoms with van der Waals surface area (Å²) in [6.07, 6.45) is -4.78. The summed E-state index contributed by atoms with van der Waals surface area (Å²) in [4.78, 5) is 13.5. The molecule has 2 aromatic rings. The van der Waals surface area contributed by atoms with Gasteiger partial charge in [-0.05, 0) is 55.3 Å². The second-order valence-electron chi connectivity index (χ2n) is 7.72. The number of sulfonamides is 1. The number of carbonyl (C=O) groups is 1. The van der Waals surface area contributed by atoms with E-state index in [1.54, 1.807) is 19.1 Å². The van der Waals surface area contributed by atoms with Gasteiger partial charge >= 0.3 is 6.36 Å². The number of rotatable bonds is 6. The van der Waals surface area contributed by atoms with Crippen molar-refractivity contribution in [1.29, 1.82) is 0 Å². The van der Waals surface area contributed by atoms with Gasteiger partial charge in [0, 0.05) is 5.69 Å². The highest BCUT2D eigenvalue weighted by molar-refractivity contribution is 7.89. The van der Waals surface area contributed by atoms with E-state index in [0.717, 1.165) is 22.6 Å². The van der Waals surface area contributed by atoms with E-state index < -0.39 is 16.4 Å². The number of halogens is 3. The molecule has 1 aliphatic rings. The molecule has 32 heavy (non-hydrogen) atoms. The lowest BCUT2D eigenvalue weighted by molar-refractivity contribution is -0.895. The highest BCUT2D eigenvalue weighted by Gasteiger charge is 2.32. The third-order valence-electron chi connectivity index (χ3n) is 5.17. The van der Waals surface area contributed by atoms with Crippen LogP contribution >= 0.6 is 0 Å². The Hall–Kier alpha value is -2.63. The van der Waals surface area contributed by atoms with E-state index in [9.17, 15) is 26.4 Å². The lowest BCUT2D eigenvalue weighted by Crippen LogP contribution is -3.15. The minimum absolute atomic E-state index is 0.123. The Bertz CT molecular complexity index is 1060. The van der Waals surface area contributed by atoms with E-state index in [-0.39, 0.29) is 18.2 Å². The third kappa shape index (κ3) is 6.21. The van der Waals surface area contributed by atoms with Crippen LogP contribution in [0, 0.1) is 13.8 Å². The minimum Gasteiger partial charge on any atom is -0.406 e. The largest absolute Gasteiger partial charge is 0.573 e. The fourth-order valence-corrected chi connectivity index (χ4v) is 5.27. The first-order chi connectivity index (χ1) is 14.9. The van der Waals surface area contributed by atoms with Gasteiger partial charge in [0.25, 0.3) is 5.91 Å². The number of hydrogen-bond acceptors (Lipinski definition) is 4. The van der Waals surface area contributed by atoms with Gasteiger partial charge in [-0.2, -0.15) is 4.31 Å². The van der Waals surface area contributed by atoms with Crippen LogP contribution in [-0.4, -0.2) is 57.7 Å². The first kappa shape index (κ1) is 24.0. The number of nitrogens with one attached hydrogen (secondary N) is 2. The number of benzene rings is 2. The Morgan fingerprint density at radius 3 is 2.31 bits per heavy atom. The summed E-state index contributed by atoms with van der Waals surface area (Å²) in [5.74, 6) is -0.683. The molecule has 0 atom stereocenters. The zero-order valence-corrected chi connectivity index (χ0v) is 18.5. The number of nitrogens with zero attached hydrogens (tertiary/aromatic N) is 1. The summed E-state index contributed by atoms with van der Waals surface area (Å²) < 4.78 is 67.9. The normalized spacial score (nSPS) is 16.0. The molecule has 0 spiro atoms. The SMILES string of the molecule is Cc1ccc(C)c(S(=O)(=O)N2CC[NH+](CC(=O)Nc3ccc(OC(F)(F)F)cc3)CC2)c1. The van der Waals surface area contributed by atoms with Crippen molar-refractivity contribution in [1.82, 2.24) is 4.31 Å². The van der Waals surface area contributed by atoms with Gasteiger partial charge in [0.05, 0.1) is 31.1 Å². The molecule has 1 fully saturated rings. The van der Waals surface area contributed by atoms with Gasteiger partial charge in [-0.3, -0.25) is 4.79 Å². The van der Waals surface area contributed by atoms with Crippen molar-refractivity contribution in [2.24, 2.45) is 0 Å². The number of hydrogen-bond donors (Lipinski definition) is 2. The van der Waals surface area contributed by atoms with Crippen LogP contribution in [-0.2, 0) is 14.8 Å². The Labute approximate surface area is 184 Å². The van der Waals surface area contributed by atoms with E-state index in [2.05, 4.69) is 10.1 Å². The fraction of sp³-hybridized carbons (Fsp3) is 0.381. The Balaban J connectivity index is 1.52. The molecule has 11 heteroatoms. The van der Waals surface area contributed by atoms with E-state index in [0.29, 0.717) is 42.3 Å². The monoisotopic (exact) mass is 472 g/mol. The number of carbonyl (C=O) groups excluding carboxylic acids is 1. The van der Waals surface area contributed by atoms with Crippen molar-refractivity contribution in [3.63, 3.8) is 0 Å². The maximum absolute atomic E-state index is 13.0. The predicted octanol–water partition coefficient (Wildman–Crippen LogP) is 1.73. The van der Waals surface area contributed by atoms with Crippen LogP contribution in [0.5, 0.6) is 5.75 Å². The van der Waals surface area contributed by atoms with Crippen LogP contribution < -0.4 is 15.0 Å². The molecular weight excluding hydrogens is 447 g/mol. The van der Waals surface area contributed by atoms with Crippen molar-refractivity contribution in [2.75, 3.05) is 38.0 Å². The number of aryl methyl sites for hydroxylation is 2. The molecule has 0 saturated carbocycles. The molecule has 174 valence electrons. The zero-order chi connectivity index (χ0) is 23.5. The first-order valence-corrected chi connectivity index (χ1v) is 11.4. The summed E-state index contributed by atoms with van der Waals surface area (Å²) in [5, 5.41) is 2.63. The maximum Gasteiger partial charge on any atom is 0.573 e. The molecular formula is C21H25F3N3O4S+. The minimum atomic E-state index is -4.78. The Morgan fingerprint density at radius 2 is 1.72 bits per heavy atom. The van der Waals surface area contributed by atoms with Gasteiger partial charge in [-0.1, -0.05) is 12.1 Å². The average Bonchev–Trinajstić information content (AvgIpc) is 2.70. The van der Waals surface area contributed by atoms with E-state index in [1.807, 2.05) is 13.0 Å². The van der Waals surface area contributed by atoms with Gasteiger partial charge in [-0.15, -0.1) is 13.2 Å².